The smallest absolute Gasteiger partial charge is 0.309 e. The van der Waals surface area contributed by atoms with Gasteiger partial charge in [-0.2, -0.15) is 0 Å². The van der Waals surface area contributed by atoms with Gasteiger partial charge >= 0.3 is 5.97 Å². The number of ether oxygens (including phenoxy) is 1. The fraction of sp³-hybridized carbons (Fsp3) is 0.929. The lowest BCUT2D eigenvalue weighted by atomic mass is 9.66. The summed E-state index contributed by atoms with van der Waals surface area (Å²) in [6.07, 6.45) is 7.62. The second kappa shape index (κ2) is 4.38. The van der Waals surface area contributed by atoms with E-state index in [-0.39, 0.29) is 18.0 Å². The molecular weight excluding hydrogens is 200 g/mol. The van der Waals surface area contributed by atoms with Gasteiger partial charge in [0.2, 0.25) is 0 Å². The molecule has 0 spiro atoms. The van der Waals surface area contributed by atoms with Crippen molar-refractivity contribution in [1.82, 2.24) is 0 Å². The highest BCUT2D eigenvalue weighted by Crippen LogP contribution is 2.48. The Kier molecular flexibility index (Phi) is 3.27. The van der Waals surface area contributed by atoms with Gasteiger partial charge in [-0.05, 0) is 31.1 Å². The quantitative estimate of drug-likeness (QED) is 0.685. The molecule has 2 unspecified atom stereocenters. The van der Waals surface area contributed by atoms with Crippen molar-refractivity contribution in [3.05, 3.63) is 0 Å². The average molecular weight is 224 g/mol. The third kappa shape index (κ3) is 2.11. The second-order valence-electron chi connectivity index (χ2n) is 6.08. The number of fused-ring (bicyclic) bond motifs is 1. The molecule has 1 saturated heterocycles. The van der Waals surface area contributed by atoms with Crippen molar-refractivity contribution in [1.29, 1.82) is 0 Å². The minimum absolute atomic E-state index is 0.0368. The first-order chi connectivity index (χ1) is 7.56. The molecule has 1 aliphatic carbocycles. The monoisotopic (exact) mass is 224 g/mol. The van der Waals surface area contributed by atoms with Crippen LogP contribution in [0.5, 0.6) is 0 Å². The first kappa shape index (κ1) is 11.9. The van der Waals surface area contributed by atoms with Gasteiger partial charge in [0.05, 0.1) is 5.92 Å². The molecule has 0 aromatic heterocycles. The molecule has 0 bridgehead atoms. The third-order valence-corrected chi connectivity index (χ3v) is 4.67. The molecule has 0 aromatic rings. The lowest BCUT2D eigenvalue weighted by Crippen LogP contribution is -2.34. The molecule has 2 rings (SSSR count). The Labute approximate surface area is 98.7 Å². The van der Waals surface area contributed by atoms with Crippen molar-refractivity contribution in [3.8, 4) is 0 Å². The summed E-state index contributed by atoms with van der Waals surface area (Å²) in [6, 6.07) is 0. The molecule has 2 heteroatoms. The summed E-state index contributed by atoms with van der Waals surface area (Å²) in [6.45, 7) is 6.64. The molecule has 4 atom stereocenters. The molecule has 1 heterocycles. The summed E-state index contributed by atoms with van der Waals surface area (Å²) in [5.74, 6) is 0.678. The highest BCUT2D eigenvalue weighted by molar-refractivity contribution is 5.74. The van der Waals surface area contributed by atoms with Crippen LogP contribution in [0.4, 0.5) is 0 Å². The Bertz CT molecular complexity index is 274. The van der Waals surface area contributed by atoms with E-state index in [9.17, 15) is 4.79 Å². The summed E-state index contributed by atoms with van der Waals surface area (Å²) in [7, 11) is 0. The summed E-state index contributed by atoms with van der Waals surface area (Å²) in [5.41, 5.74) is 0.418. The fourth-order valence-electron chi connectivity index (χ4n) is 3.40. The highest BCUT2D eigenvalue weighted by Gasteiger charge is 2.48. The molecule has 0 N–H and O–H groups in total. The van der Waals surface area contributed by atoms with E-state index < -0.39 is 0 Å². The van der Waals surface area contributed by atoms with E-state index in [1.54, 1.807) is 0 Å². The van der Waals surface area contributed by atoms with Gasteiger partial charge < -0.3 is 4.74 Å². The van der Waals surface area contributed by atoms with Gasteiger partial charge in [-0.25, -0.2) is 0 Å². The maximum Gasteiger partial charge on any atom is 0.309 e. The van der Waals surface area contributed by atoms with Crippen molar-refractivity contribution in [2.45, 2.75) is 65.4 Å². The fourth-order valence-corrected chi connectivity index (χ4v) is 3.40. The molecule has 1 saturated carbocycles. The van der Waals surface area contributed by atoms with Crippen LogP contribution in [0.15, 0.2) is 0 Å². The van der Waals surface area contributed by atoms with Crippen molar-refractivity contribution in [2.75, 3.05) is 0 Å². The van der Waals surface area contributed by atoms with E-state index in [2.05, 4.69) is 13.8 Å². The van der Waals surface area contributed by atoms with Crippen LogP contribution < -0.4 is 0 Å². The molecule has 2 nitrogen and oxygen atoms in total. The maximum absolute atomic E-state index is 11.5. The molecule has 16 heavy (non-hydrogen) atoms. The lowest BCUT2D eigenvalue weighted by molar-refractivity contribution is -0.145. The Morgan fingerprint density at radius 3 is 2.94 bits per heavy atom. The number of hydrogen-bond acceptors (Lipinski definition) is 2. The van der Waals surface area contributed by atoms with Crippen LogP contribution in [0.1, 0.15) is 59.3 Å². The first-order valence-corrected chi connectivity index (χ1v) is 6.76. The van der Waals surface area contributed by atoms with Crippen LogP contribution in [0.25, 0.3) is 0 Å². The summed E-state index contributed by atoms with van der Waals surface area (Å²) in [5, 5.41) is 0. The molecule has 0 amide bonds. The summed E-state index contributed by atoms with van der Waals surface area (Å²) >= 11 is 0. The molecule has 0 aromatic carbocycles. The number of carbonyl (C=O) groups excluding carboxylic acids is 1. The SMILES string of the molecule is CCCC[C@]1(C)CCC2C(C)C(=O)O[C@@H]2C1. The number of rotatable bonds is 3. The summed E-state index contributed by atoms with van der Waals surface area (Å²) in [4.78, 5) is 11.5. The van der Waals surface area contributed by atoms with Crippen LogP contribution in [-0.4, -0.2) is 12.1 Å². The van der Waals surface area contributed by atoms with Crippen molar-refractivity contribution < 1.29 is 9.53 Å². The van der Waals surface area contributed by atoms with E-state index in [4.69, 9.17) is 4.74 Å². The molecule has 2 aliphatic rings. The van der Waals surface area contributed by atoms with Gasteiger partial charge in [0, 0.05) is 5.92 Å². The number of unbranched alkanes of at least 4 members (excludes halogenated alkanes) is 1. The van der Waals surface area contributed by atoms with Crippen LogP contribution in [0, 0.1) is 17.3 Å². The Morgan fingerprint density at radius 2 is 2.25 bits per heavy atom. The van der Waals surface area contributed by atoms with Crippen molar-refractivity contribution in [2.24, 2.45) is 17.3 Å². The highest BCUT2D eigenvalue weighted by atomic mass is 16.6. The third-order valence-electron chi connectivity index (χ3n) is 4.67. The normalized spacial score (nSPS) is 42.9. The van der Waals surface area contributed by atoms with E-state index in [1.807, 2.05) is 6.92 Å². The largest absolute Gasteiger partial charge is 0.462 e. The molecule has 0 radical (unpaired) electrons. The predicted octanol–water partition coefficient (Wildman–Crippen LogP) is 3.54. The van der Waals surface area contributed by atoms with E-state index in [1.165, 1.54) is 32.1 Å². The maximum atomic E-state index is 11.5. The Balaban J connectivity index is 1.98. The predicted molar refractivity (Wildman–Crippen MR) is 64.0 cm³/mol. The minimum Gasteiger partial charge on any atom is -0.462 e. The van der Waals surface area contributed by atoms with E-state index >= 15 is 0 Å². The molecular formula is C14H24O2. The van der Waals surface area contributed by atoms with Crippen molar-refractivity contribution in [3.63, 3.8) is 0 Å². The van der Waals surface area contributed by atoms with Crippen LogP contribution in [0.3, 0.4) is 0 Å². The molecule has 1 aliphatic heterocycles. The zero-order chi connectivity index (χ0) is 11.8. The topological polar surface area (TPSA) is 26.3 Å². The van der Waals surface area contributed by atoms with Gasteiger partial charge in [-0.3, -0.25) is 4.79 Å². The van der Waals surface area contributed by atoms with Crippen LogP contribution in [-0.2, 0) is 9.53 Å². The zero-order valence-corrected chi connectivity index (χ0v) is 10.8. The standard InChI is InChI=1S/C14H24O2/c1-4-5-7-14(3)8-6-11-10(2)13(15)16-12(11)9-14/h10-12H,4-9H2,1-3H3/t10?,11?,12-,14-/m1/s1. The van der Waals surface area contributed by atoms with Gasteiger partial charge in [-0.15, -0.1) is 0 Å². The second-order valence-corrected chi connectivity index (χ2v) is 6.08. The van der Waals surface area contributed by atoms with Crippen molar-refractivity contribution >= 4 is 5.97 Å². The lowest BCUT2D eigenvalue weighted by Gasteiger charge is -2.39. The zero-order valence-electron chi connectivity index (χ0n) is 10.8. The molecule has 2 fully saturated rings. The van der Waals surface area contributed by atoms with E-state index in [0.717, 1.165) is 6.42 Å². The van der Waals surface area contributed by atoms with E-state index in [0.29, 0.717) is 11.3 Å². The first-order valence-electron chi connectivity index (χ1n) is 6.76. The average Bonchev–Trinajstić information content (AvgIpc) is 2.51. The van der Waals surface area contributed by atoms with Crippen LogP contribution in [0.2, 0.25) is 0 Å². The van der Waals surface area contributed by atoms with Gasteiger partial charge in [0.1, 0.15) is 6.10 Å². The van der Waals surface area contributed by atoms with Crippen LogP contribution >= 0.6 is 0 Å². The number of hydrogen-bond donors (Lipinski definition) is 0. The summed E-state index contributed by atoms with van der Waals surface area (Å²) < 4.78 is 5.51. The Hall–Kier alpha value is -0.530. The number of carbonyl (C=O) groups is 1. The van der Waals surface area contributed by atoms with Gasteiger partial charge in [-0.1, -0.05) is 33.6 Å². The van der Waals surface area contributed by atoms with Gasteiger partial charge in [0.25, 0.3) is 0 Å². The van der Waals surface area contributed by atoms with Gasteiger partial charge in [0.15, 0.2) is 0 Å². The minimum atomic E-state index is 0.0368. The number of esters is 1. The molecule has 92 valence electrons. The Morgan fingerprint density at radius 1 is 1.50 bits per heavy atom.